The second kappa shape index (κ2) is 4.30. The van der Waals surface area contributed by atoms with E-state index in [1.54, 1.807) is 0 Å². The molecule has 0 fully saturated rings. The summed E-state index contributed by atoms with van der Waals surface area (Å²) in [6, 6.07) is 8.33. The normalized spacial score (nSPS) is 11.9. The number of fused-ring (bicyclic) bond motifs is 1. The molecular weight excluding hydrogens is 184 g/mol. The Kier molecular flexibility index (Phi) is 2.86. The van der Waals surface area contributed by atoms with E-state index in [0.717, 1.165) is 12.1 Å². The highest BCUT2D eigenvalue weighted by Gasteiger charge is 1.98. The summed E-state index contributed by atoms with van der Waals surface area (Å²) in [6.45, 7) is 5.23. The van der Waals surface area contributed by atoms with Crippen molar-refractivity contribution in [2.75, 3.05) is 6.54 Å². The van der Waals surface area contributed by atoms with Gasteiger partial charge >= 0.3 is 0 Å². The van der Waals surface area contributed by atoms with Crippen LogP contribution in [0.4, 0.5) is 0 Å². The number of hydrogen-bond acceptors (Lipinski definition) is 1. The van der Waals surface area contributed by atoms with E-state index >= 15 is 0 Å². The fourth-order valence-corrected chi connectivity index (χ4v) is 1.58. The predicted octanol–water partition coefficient (Wildman–Crippen LogP) is 3.24. The molecule has 15 heavy (non-hydrogen) atoms. The number of H-pyrrole nitrogens is 1. The average molecular weight is 200 g/mol. The van der Waals surface area contributed by atoms with Gasteiger partial charge in [0.1, 0.15) is 0 Å². The van der Waals surface area contributed by atoms with Gasteiger partial charge in [0.05, 0.1) is 5.52 Å². The van der Waals surface area contributed by atoms with Crippen LogP contribution in [0, 0.1) is 5.92 Å². The van der Waals surface area contributed by atoms with E-state index < -0.39 is 0 Å². The fourth-order valence-electron chi connectivity index (χ4n) is 1.58. The second-order valence-electron chi connectivity index (χ2n) is 4.18. The average Bonchev–Trinajstić information content (AvgIpc) is 2.65. The summed E-state index contributed by atoms with van der Waals surface area (Å²) >= 11 is 0. The lowest BCUT2D eigenvalue weighted by molar-refractivity contribution is 0.667. The third kappa shape index (κ3) is 2.27. The van der Waals surface area contributed by atoms with Gasteiger partial charge in [0.15, 0.2) is 0 Å². The molecule has 0 spiro atoms. The first-order chi connectivity index (χ1) is 7.27. The van der Waals surface area contributed by atoms with E-state index in [1.165, 1.54) is 10.9 Å². The molecule has 1 N–H and O–H groups in total. The molecule has 2 nitrogen and oxygen atoms in total. The minimum Gasteiger partial charge on any atom is -0.361 e. The van der Waals surface area contributed by atoms with E-state index in [1.807, 2.05) is 12.4 Å². The summed E-state index contributed by atoms with van der Waals surface area (Å²) in [5, 5.41) is 1.24. The first-order valence-electron chi connectivity index (χ1n) is 5.33. The third-order valence-electron chi connectivity index (χ3n) is 2.32. The highest BCUT2D eigenvalue weighted by atomic mass is 14.7. The van der Waals surface area contributed by atoms with Gasteiger partial charge in [0, 0.05) is 29.9 Å². The number of aromatic amines is 1. The zero-order valence-corrected chi connectivity index (χ0v) is 9.20. The van der Waals surface area contributed by atoms with E-state index in [9.17, 15) is 0 Å². The van der Waals surface area contributed by atoms with Crippen molar-refractivity contribution in [3.63, 3.8) is 0 Å². The van der Waals surface area contributed by atoms with Crippen LogP contribution in [0.15, 0.2) is 35.5 Å². The quantitative estimate of drug-likeness (QED) is 0.737. The Morgan fingerprint density at radius 2 is 2.20 bits per heavy atom. The number of aromatic nitrogens is 1. The minimum absolute atomic E-state index is 0.615. The Bertz CT molecular complexity index is 466. The summed E-state index contributed by atoms with van der Waals surface area (Å²) < 4.78 is 0. The maximum Gasteiger partial charge on any atom is 0.0542 e. The molecule has 2 rings (SSSR count). The lowest BCUT2D eigenvalue weighted by Gasteiger charge is -1.98. The van der Waals surface area contributed by atoms with Crippen molar-refractivity contribution in [2.45, 2.75) is 13.8 Å². The molecule has 0 amide bonds. The zero-order chi connectivity index (χ0) is 10.7. The van der Waals surface area contributed by atoms with Crippen LogP contribution in [-0.4, -0.2) is 17.7 Å². The lowest BCUT2D eigenvalue weighted by atomic mass is 10.1. The topological polar surface area (TPSA) is 28.1 Å². The maximum atomic E-state index is 4.43. The van der Waals surface area contributed by atoms with Crippen LogP contribution in [0.5, 0.6) is 0 Å². The maximum absolute atomic E-state index is 4.43. The molecule has 0 aliphatic rings. The monoisotopic (exact) mass is 200 g/mol. The molecule has 1 heterocycles. The standard InChI is InChI=1S/C13H16N2/c1-10(2)8-14-9-12-5-3-4-11-6-7-15-13(11)12/h3-7,9-10,15H,8H2,1-2H3. The smallest absolute Gasteiger partial charge is 0.0542 e. The number of benzene rings is 1. The van der Waals surface area contributed by atoms with Gasteiger partial charge in [-0.05, 0) is 12.0 Å². The molecule has 2 aromatic rings. The molecule has 78 valence electrons. The van der Waals surface area contributed by atoms with Crippen LogP contribution in [0.3, 0.4) is 0 Å². The van der Waals surface area contributed by atoms with E-state index in [2.05, 4.69) is 48.1 Å². The Morgan fingerprint density at radius 3 is 3.00 bits per heavy atom. The molecule has 0 radical (unpaired) electrons. The van der Waals surface area contributed by atoms with Gasteiger partial charge in [-0.1, -0.05) is 32.0 Å². The van der Waals surface area contributed by atoms with Crippen LogP contribution < -0.4 is 0 Å². The Morgan fingerprint density at radius 1 is 1.33 bits per heavy atom. The Hall–Kier alpha value is -1.57. The molecule has 1 aromatic heterocycles. The van der Waals surface area contributed by atoms with Crippen molar-refractivity contribution in [3.05, 3.63) is 36.0 Å². The molecule has 0 aliphatic heterocycles. The van der Waals surface area contributed by atoms with Crippen molar-refractivity contribution in [2.24, 2.45) is 10.9 Å². The molecule has 0 unspecified atom stereocenters. The van der Waals surface area contributed by atoms with Gasteiger partial charge in [0.25, 0.3) is 0 Å². The summed E-state index contributed by atoms with van der Waals surface area (Å²) in [5.41, 5.74) is 2.34. The molecule has 0 saturated carbocycles. The molecule has 1 aromatic carbocycles. The summed E-state index contributed by atoms with van der Waals surface area (Å²) in [6.07, 6.45) is 3.92. The number of para-hydroxylation sites is 1. The van der Waals surface area contributed by atoms with Crippen molar-refractivity contribution < 1.29 is 0 Å². The van der Waals surface area contributed by atoms with Gasteiger partial charge in [-0.15, -0.1) is 0 Å². The summed E-state index contributed by atoms with van der Waals surface area (Å²) in [7, 11) is 0. The fraction of sp³-hybridized carbons (Fsp3) is 0.308. The van der Waals surface area contributed by atoms with Crippen molar-refractivity contribution in [1.82, 2.24) is 4.98 Å². The molecule has 2 heteroatoms. The van der Waals surface area contributed by atoms with Crippen molar-refractivity contribution in [1.29, 1.82) is 0 Å². The number of nitrogens with zero attached hydrogens (tertiary/aromatic N) is 1. The first-order valence-corrected chi connectivity index (χ1v) is 5.33. The third-order valence-corrected chi connectivity index (χ3v) is 2.32. The molecule has 0 saturated heterocycles. The summed E-state index contributed by atoms with van der Waals surface area (Å²) in [4.78, 5) is 7.66. The van der Waals surface area contributed by atoms with Crippen LogP contribution in [0.25, 0.3) is 10.9 Å². The van der Waals surface area contributed by atoms with Crippen LogP contribution in [-0.2, 0) is 0 Å². The minimum atomic E-state index is 0.615. The zero-order valence-electron chi connectivity index (χ0n) is 9.20. The van der Waals surface area contributed by atoms with Gasteiger partial charge in [-0.2, -0.15) is 0 Å². The van der Waals surface area contributed by atoms with E-state index in [4.69, 9.17) is 0 Å². The van der Waals surface area contributed by atoms with Gasteiger partial charge in [-0.25, -0.2) is 0 Å². The number of aliphatic imine (C=N–C) groups is 1. The van der Waals surface area contributed by atoms with Gasteiger partial charge in [-0.3, -0.25) is 4.99 Å². The molecule has 0 bridgehead atoms. The van der Waals surface area contributed by atoms with Crippen LogP contribution in [0.1, 0.15) is 19.4 Å². The molecule has 0 aliphatic carbocycles. The van der Waals surface area contributed by atoms with E-state index in [-0.39, 0.29) is 0 Å². The SMILES string of the molecule is CC(C)CN=Cc1cccc2cc[nH]c12. The van der Waals surface area contributed by atoms with Crippen LogP contribution in [0.2, 0.25) is 0 Å². The highest BCUT2D eigenvalue weighted by molar-refractivity contribution is 5.97. The molecular formula is C13H16N2. The summed E-state index contributed by atoms with van der Waals surface area (Å²) in [5.74, 6) is 0.615. The number of hydrogen-bond donors (Lipinski definition) is 1. The van der Waals surface area contributed by atoms with Crippen molar-refractivity contribution in [3.8, 4) is 0 Å². The lowest BCUT2D eigenvalue weighted by Crippen LogP contribution is -1.93. The van der Waals surface area contributed by atoms with Crippen molar-refractivity contribution >= 4 is 17.1 Å². The van der Waals surface area contributed by atoms with E-state index in [0.29, 0.717) is 5.92 Å². The van der Waals surface area contributed by atoms with Gasteiger partial charge < -0.3 is 4.98 Å². The van der Waals surface area contributed by atoms with Crippen LogP contribution >= 0.6 is 0 Å². The Labute approximate surface area is 90.0 Å². The molecule has 0 atom stereocenters. The first kappa shape index (κ1) is 9.97. The highest BCUT2D eigenvalue weighted by Crippen LogP contribution is 2.15. The number of rotatable bonds is 3. The Balaban J connectivity index is 2.27. The second-order valence-corrected chi connectivity index (χ2v) is 4.18. The van der Waals surface area contributed by atoms with Gasteiger partial charge in [0.2, 0.25) is 0 Å². The predicted molar refractivity (Wildman–Crippen MR) is 65.6 cm³/mol. The largest absolute Gasteiger partial charge is 0.361 e. The number of nitrogens with one attached hydrogen (secondary N) is 1.